The van der Waals surface area contributed by atoms with Crippen molar-refractivity contribution in [3.8, 4) is 0 Å². The van der Waals surface area contributed by atoms with Crippen LogP contribution in [0.4, 0.5) is 5.82 Å². The van der Waals surface area contributed by atoms with Gasteiger partial charge in [-0.2, -0.15) is 0 Å². The molecule has 1 aliphatic carbocycles. The largest absolute Gasteiger partial charge is 0.356 e. The number of carbonyl (C=O) groups excluding carboxylic acids is 1. The maximum absolute atomic E-state index is 12.7. The van der Waals surface area contributed by atoms with Gasteiger partial charge in [0.2, 0.25) is 0 Å². The van der Waals surface area contributed by atoms with Gasteiger partial charge in [-0.05, 0) is 54.1 Å². The number of hydrogen-bond acceptors (Lipinski definition) is 3. The SMILES string of the molecule is O=C(NC1CCCCC1)c1cc(Br)cnc1N1CCCCC1. The molecule has 5 heteroatoms. The summed E-state index contributed by atoms with van der Waals surface area (Å²) in [6.07, 6.45) is 11.4. The average Bonchev–Trinajstić information content (AvgIpc) is 2.56. The summed E-state index contributed by atoms with van der Waals surface area (Å²) in [4.78, 5) is 19.5. The average molecular weight is 366 g/mol. The van der Waals surface area contributed by atoms with Gasteiger partial charge in [-0.1, -0.05) is 19.3 Å². The second-order valence-corrected chi connectivity index (χ2v) is 7.30. The van der Waals surface area contributed by atoms with E-state index in [9.17, 15) is 4.79 Å². The van der Waals surface area contributed by atoms with E-state index in [1.165, 1.54) is 38.5 Å². The molecule has 0 radical (unpaired) electrons. The number of hydrogen-bond donors (Lipinski definition) is 1. The van der Waals surface area contributed by atoms with Crippen LogP contribution < -0.4 is 10.2 Å². The van der Waals surface area contributed by atoms with E-state index < -0.39 is 0 Å². The molecule has 0 bridgehead atoms. The number of rotatable bonds is 3. The van der Waals surface area contributed by atoms with Crippen LogP contribution in [-0.4, -0.2) is 30.0 Å². The van der Waals surface area contributed by atoms with Crippen molar-refractivity contribution in [1.82, 2.24) is 10.3 Å². The van der Waals surface area contributed by atoms with Gasteiger partial charge in [0.1, 0.15) is 5.82 Å². The molecule has 1 saturated heterocycles. The third kappa shape index (κ3) is 3.80. The van der Waals surface area contributed by atoms with E-state index in [-0.39, 0.29) is 5.91 Å². The van der Waals surface area contributed by atoms with Crippen LogP contribution in [0.3, 0.4) is 0 Å². The quantitative estimate of drug-likeness (QED) is 0.883. The molecule has 2 fully saturated rings. The lowest BCUT2D eigenvalue weighted by Gasteiger charge is -2.30. The van der Waals surface area contributed by atoms with E-state index in [0.29, 0.717) is 11.6 Å². The zero-order valence-electron chi connectivity index (χ0n) is 13.0. The van der Waals surface area contributed by atoms with E-state index in [2.05, 4.69) is 31.1 Å². The summed E-state index contributed by atoms with van der Waals surface area (Å²) in [5.74, 6) is 0.873. The van der Waals surface area contributed by atoms with Crippen LogP contribution in [0.15, 0.2) is 16.7 Å². The van der Waals surface area contributed by atoms with Crippen LogP contribution in [-0.2, 0) is 0 Å². The van der Waals surface area contributed by atoms with Gasteiger partial charge in [0.15, 0.2) is 0 Å². The van der Waals surface area contributed by atoms with Crippen LogP contribution >= 0.6 is 15.9 Å². The second kappa shape index (κ2) is 7.44. The topological polar surface area (TPSA) is 45.2 Å². The van der Waals surface area contributed by atoms with Gasteiger partial charge in [-0.15, -0.1) is 0 Å². The van der Waals surface area contributed by atoms with Crippen molar-refractivity contribution < 1.29 is 4.79 Å². The van der Waals surface area contributed by atoms with E-state index >= 15 is 0 Å². The van der Waals surface area contributed by atoms with Crippen molar-refractivity contribution in [3.63, 3.8) is 0 Å². The molecule has 4 nitrogen and oxygen atoms in total. The fraction of sp³-hybridized carbons (Fsp3) is 0.647. The first-order valence-corrected chi connectivity index (χ1v) is 9.25. The summed E-state index contributed by atoms with van der Waals surface area (Å²) in [5.41, 5.74) is 0.710. The lowest BCUT2D eigenvalue weighted by Crippen LogP contribution is -2.38. The highest BCUT2D eigenvalue weighted by atomic mass is 79.9. The van der Waals surface area contributed by atoms with E-state index in [1.54, 1.807) is 6.20 Å². The summed E-state index contributed by atoms with van der Waals surface area (Å²) in [6, 6.07) is 2.24. The molecule has 0 atom stereocenters. The summed E-state index contributed by atoms with van der Waals surface area (Å²) in [6.45, 7) is 2.00. The van der Waals surface area contributed by atoms with Gasteiger partial charge in [0.25, 0.3) is 5.91 Å². The van der Waals surface area contributed by atoms with Crippen LogP contribution in [0, 0.1) is 0 Å². The van der Waals surface area contributed by atoms with Crippen LogP contribution in [0.2, 0.25) is 0 Å². The fourth-order valence-electron chi connectivity index (χ4n) is 3.47. The number of amides is 1. The highest BCUT2D eigenvalue weighted by molar-refractivity contribution is 9.10. The molecule has 2 aliphatic rings. The molecule has 1 aliphatic heterocycles. The number of nitrogens with one attached hydrogen (secondary N) is 1. The fourth-order valence-corrected chi connectivity index (χ4v) is 3.80. The van der Waals surface area contributed by atoms with Gasteiger partial charge in [0.05, 0.1) is 5.56 Å². The first-order chi connectivity index (χ1) is 10.7. The van der Waals surface area contributed by atoms with Crippen LogP contribution in [0.1, 0.15) is 61.7 Å². The zero-order chi connectivity index (χ0) is 15.4. The highest BCUT2D eigenvalue weighted by Gasteiger charge is 2.23. The molecule has 1 aromatic rings. The number of pyridine rings is 1. The molecule has 22 heavy (non-hydrogen) atoms. The molecule has 0 unspecified atom stereocenters. The molecular formula is C17H24BrN3O. The van der Waals surface area contributed by atoms with Gasteiger partial charge < -0.3 is 10.2 Å². The van der Waals surface area contributed by atoms with Gasteiger partial charge in [0, 0.05) is 29.8 Å². The van der Waals surface area contributed by atoms with Crippen molar-refractivity contribution in [2.75, 3.05) is 18.0 Å². The van der Waals surface area contributed by atoms with E-state index in [0.717, 1.165) is 36.2 Å². The number of aromatic nitrogens is 1. The Labute approximate surface area is 140 Å². The molecule has 120 valence electrons. The minimum absolute atomic E-state index is 0.0290. The number of nitrogens with zero attached hydrogens (tertiary/aromatic N) is 2. The normalized spacial score (nSPS) is 20.0. The predicted octanol–water partition coefficient (Wildman–Crippen LogP) is 3.90. The first kappa shape index (κ1) is 15.8. The molecule has 3 rings (SSSR count). The number of piperidine rings is 1. The van der Waals surface area contributed by atoms with E-state index in [1.807, 2.05) is 6.07 Å². The van der Waals surface area contributed by atoms with Crippen molar-refractivity contribution in [1.29, 1.82) is 0 Å². The Morgan fingerprint density at radius 1 is 1.14 bits per heavy atom. The summed E-state index contributed by atoms with van der Waals surface area (Å²) in [5, 5.41) is 3.22. The van der Waals surface area contributed by atoms with E-state index in [4.69, 9.17) is 0 Å². The lowest BCUT2D eigenvalue weighted by atomic mass is 9.95. The molecule has 2 heterocycles. The molecule has 1 amide bonds. The molecule has 0 aromatic carbocycles. The third-order valence-electron chi connectivity index (χ3n) is 4.67. The number of halogens is 1. The Kier molecular flexibility index (Phi) is 5.34. The predicted molar refractivity (Wildman–Crippen MR) is 92.3 cm³/mol. The molecule has 1 saturated carbocycles. The Morgan fingerprint density at radius 2 is 1.82 bits per heavy atom. The lowest BCUT2D eigenvalue weighted by molar-refractivity contribution is 0.0927. The van der Waals surface area contributed by atoms with Gasteiger partial charge >= 0.3 is 0 Å². The Hall–Kier alpha value is -1.10. The Bertz CT molecular complexity index is 523. The Balaban J connectivity index is 1.78. The van der Waals surface area contributed by atoms with Crippen molar-refractivity contribution >= 4 is 27.7 Å². The third-order valence-corrected chi connectivity index (χ3v) is 5.11. The summed E-state index contributed by atoms with van der Waals surface area (Å²) >= 11 is 3.45. The van der Waals surface area contributed by atoms with Gasteiger partial charge in [-0.25, -0.2) is 4.98 Å². The van der Waals surface area contributed by atoms with Crippen LogP contribution in [0.25, 0.3) is 0 Å². The number of carbonyl (C=O) groups is 1. The van der Waals surface area contributed by atoms with Crippen LogP contribution in [0.5, 0.6) is 0 Å². The van der Waals surface area contributed by atoms with Crippen molar-refractivity contribution in [2.45, 2.75) is 57.4 Å². The maximum Gasteiger partial charge on any atom is 0.255 e. The minimum atomic E-state index is 0.0290. The first-order valence-electron chi connectivity index (χ1n) is 8.45. The summed E-state index contributed by atoms with van der Waals surface area (Å²) < 4.78 is 0.863. The molecule has 1 N–H and O–H groups in total. The highest BCUT2D eigenvalue weighted by Crippen LogP contribution is 2.25. The minimum Gasteiger partial charge on any atom is -0.356 e. The molecule has 1 aromatic heterocycles. The second-order valence-electron chi connectivity index (χ2n) is 6.38. The maximum atomic E-state index is 12.7. The molecular weight excluding hydrogens is 342 g/mol. The smallest absolute Gasteiger partial charge is 0.255 e. The zero-order valence-corrected chi connectivity index (χ0v) is 14.6. The van der Waals surface area contributed by atoms with Gasteiger partial charge in [-0.3, -0.25) is 4.79 Å². The summed E-state index contributed by atoms with van der Waals surface area (Å²) in [7, 11) is 0. The monoisotopic (exact) mass is 365 g/mol. The Morgan fingerprint density at radius 3 is 2.55 bits per heavy atom. The molecule has 0 spiro atoms. The standard InChI is InChI=1S/C17H24BrN3O/c18-13-11-15(17(22)20-14-7-3-1-4-8-14)16(19-12-13)21-9-5-2-6-10-21/h11-12,14H,1-10H2,(H,20,22). The van der Waals surface area contributed by atoms with Crippen molar-refractivity contribution in [3.05, 3.63) is 22.3 Å². The van der Waals surface area contributed by atoms with Crippen molar-refractivity contribution in [2.24, 2.45) is 0 Å². The number of anilines is 1.